The van der Waals surface area contributed by atoms with Crippen molar-refractivity contribution < 1.29 is 14.6 Å². The Balaban J connectivity index is 2.48. The van der Waals surface area contributed by atoms with Gasteiger partial charge in [0, 0.05) is 16.6 Å². The van der Waals surface area contributed by atoms with Gasteiger partial charge in [-0.3, -0.25) is 0 Å². The maximum Gasteiger partial charge on any atom is 0.339 e. The van der Waals surface area contributed by atoms with E-state index < -0.39 is 5.41 Å². The summed E-state index contributed by atoms with van der Waals surface area (Å²) in [6.45, 7) is 25.7. The van der Waals surface area contributed by atoms with Gasteiger partial charge in [0.1, 0.15) is 5.75 Å². The Morgan fingerprint density at radius 2 is 1.38 bits per heavy atom. The lowest BCUT2D eigenvalue weighted by atomic mass is 9.50. The number of esters is 1. The van der Waals surface area contributed by atoms with E-state index in [4.69, 9.17) is 4.74 Å². The Hall–Kier alpha value is -2.03. The predicted molar refractivity (Wildman–Crippen MR) is 134 cm³/mol. The molecule has 0 heterocycles. The molecule has 0 bridgehead atoms. The van der Waals surface area contributed by atoms with Gasteiger partial charge in [-0.1, -0.05) is 95.2 Å². The molecule has 0 aromatic heterocycles. The normalized spacial score (nSPS) is 17.5. The number of aliphatic hydroxyl groups excluding tert-OH is 1. The highest BCUT2D eigenvalue weighted by molar-refractivity contribution is 5.91. The maximum atomic E-state index is 13.4. The van der Waals surface area contributed by atoms with Crippen molar-refractivity contribution in [2.45, 2.75) is 100 Å². The summed E-state index contributed by atoms with van der Waals surface area (Å²) in [5.74, 6) is 0.590. The molecule has 0 saturated heterocycles. The molecule has 1 aromatic rings. The standard InChI is InChI=1S/C29H44O3/c1-25(2,3)20-14-15-22(21(17-20)26(4,5)6)32-24(31)19-13-16-23(30)29(18-19,27(7,8)9)28(10,11)12/h13-17,30H,18H2,1-12H3. The van der Waals surface area contributed by atoms with Crippen molar-refractivity contribution in [1.29, 1.82) is 0 Å². The second kappa shape index (κ2) is 8.08. The van der Waals surface area contributed by atoms with E-state index in [0.29, 0.717) is 23.5 Å². The Kier molecular flexibility index (Phi) is 6.62. The number of rotatable bonds is 2. The summed E-state index contributed by atoms with van der Waals surface area (Å²) in [6.07, 6.45) is 3.84. The maximum absolute atomic E-state index is 13.4. The van der Waals surface area contributed by atoms with Crippen molar-refractivity contribution in [2.75, 3.05) is 0 Å². The zero-order chi connectivity index (χ0) is 24.9. The molecule has 1 aliphatic carbocycles. The van der Waals surface area contributed by atoms with E-state index in [1.807, 2.05) is 12.1 Å². The highest BCUT2D eigenvalue weighted by Crippen LogP contribution is 2.60. The molecule has 0 aliphatic heterocycles. The molecule has 178 valence electrons. The van der Waals surface area contributed by atoms with Crippen LogP contribution in [0.15, 0.2) is 41.7 Å². The largest absolute Gasteiger partial charge is 0.512 e. The number of benzene rings is 1. The number of hydrogen-bond donors (Lipinski definition) is 1. The van der Waals surface area contributed by atoms with Crippen molar-refractivity contribution in [3.63, 3.8) is 0 Å². The number of carbonyl (C=O) groups is 1. The summed E-state index contributed by atoms with van der Waals surface area (Å²) in [5.41, 5.74) is 1.58. The van der Waals surface area contributed by atoms with Gasteiger partial charge in [-0.2, -0.15) is 0 Å². The van der Waals surface area contributed by atoms with Crippen LogP contribution in [0.1, 0.15) is 101 Å². The van der Waals surface area contributed by atoms with Gasteiger partial charge in [-0.25, -0.2) is 4.79 Å². The monoisotopic (exact) mass is 440 g/mol. The van der Waals surface area contributed by atoms with E-state index in [1.54, 1.807) is 12.2 Å². The van der Waals surface area contributed by atoms with Crippen LogP contribution in [0.25, 0.3) is 0 Å². The first-order valence-electron chi connectivity index (χ1n) is 11.7. The molecule has 1 N–H and O–H groups in total. The molecule has 1 aliphatic rings. The Labute approximate surface area is 196 Å². The van der Waals surface area contributed by atoms with Crippen LogP contribution in [-0.2, 0) is 15.6 Å². The van der Waals surface area contributed by atoms with Gasteiger partial charge in [-0.15, -0.1) is 0 Å². The molecule has 3 heteroatoms. The lowest BCUT2D eigenvalue weighted by Crippen LogP contribution is -2.49. The fourth-order valence-electron chi connectivity index (χ4n) is 5.16. The summed E-state index contributed by atoms with van der Waals surface area (Å²) in [7, 11) is 0. The third kappa shape index (κ3) is 4.82. The first-order chi connectivity index (χ1) is 14.2. The lowest BCUT2D eigenvalue weighted by Gasteiger charge is -2.54. The second-order valence-electron chi connectivity index (χ2n) is 13.4. The van der Waals surface area contributed by atoms with Crippen LogP contribution in [0, 0.1) is 16.2 Å². The summed E-state index contributed by atoms with van der Waals surface area (Å²) in [5, 5.41) is 11.0. The van der Waals surface area contributed by atoms with Gasteiger partial charge in [-0.05, 0) is 51.9 Å². The van der Waals surface area contributed by atoms with Gasteiger partial charge in [0.15, 0.2) is 0 Å². The molecule has 0 saturated carbocycles. The van der Waals surface area contributed by atoms with Gasteiger partial charge >= 0.3 is 5.97 Å². The minimum absolute atomic E-state index is 0.00970. The zero-order valence-corrected chi connectivity index (χ0v) is 22.4. The van der Waals surface area contributed by atoms with Crippen LogP contribution in [0.4, 0.5) is 0 Å². The fraction of sp³-hybridized carbons (Fsp3) is 0.621. The SMILES string of the molecule is CC(C)(C)c1ccc(OC(=O)C2=CC=C(O)C(C(C)(C)C)(C(C)(C)C)C2)c(C(C)(C)C)c1. The third-order valence-electron chi connectivity index (χ3n) is 7.01. The molecule has 0 unspecified atom stereocenters. The average molecular weight is 441 g/mol. The smallest absolute Gasteiger partial charge is 0.339 e. The van der Waals surface area contributed by atoms with Crippen LogP contribution in [0.2, 0.25) is 0 Å². The molecular weight excluding hydrogens is 396 g/mol. The fourth-order valence-corrected chi connectivity index (χ4v) is 5.16. The zero-order valence-electron chi connectivity index (χ0n) is 22.4. The topological polar surface area (TPSA) is 46.5 Å². The van der Waals surface area contributed by atoms with Crippen molar-refractivity contribution >= 4 is 5.97 Å². The Bertz CT molecular complexity index is 919. The third-order valence-corrected chi connectivity index (χ3v) is 7.01. The van der Waals surface area contributed by atoms with Crippen LogP contribution in [-0.4, -0.2) is 11.1 Å². The molecule has 0 spiro atoms. The van der Waals surface area contributed by atoms with E-state index in [0.717, 1.165) is 5.56 Å². The van der Waals surface area contributed by atoms with Gasteiger partial charge < -0.3 is 9.84 Å². The molecule has 1 aromatic carbocycles. The van der Waals surface area contributed by atoms with Gasteiger partial charge in [0.05, 0.1) is 5.76 Å². The van der Waals surface area contributed by atoms with Crippen LogP contribution in [0.5, 0.6) is 5.75 Å². The highest BCUT2D eigenvalue weighted by Gasteiger charge is 2.55. The summed E-state index contributed by atoms with van der Waals surface area (Å²) in [6, 6.07) is 6.14. The number of hydrogen-bond acceptors (Lipinski definition) is 3. The average Bonchev–Trinajstić information content (AvgIpc) is 2.58. The van der Waals surface area contributed by atoms with Gasteiger partial charge in [0.25, 0.3) is 0 Å². The predicted octanol–water partition coefficient (Wildman–Crippen LogP) is 8.04. The van der Waals surface area contributed by atoms with E-state index in [1.165, 1.54) is 5.56 Å². The van der Waals surface area contributed by atoms with E-state index in [-0.39, 0.29) is 27.6 Å². The first kappa shape index (κ1) is 26.2. The van der Waals surface area contributed by atoms with Crippen LogP contribution < -0.4 is 4.74 Å². The number of carbonyl (C=O) groups excluding carboxylic acids is 1. The van der Waals surface area contributed by atoms with Crippen molar-refractivity contribution in [3.05, 3.63) is 52.8 Å². The molecule has 0 fully saturated rings. The number of ether oxygens (including phenoxy) is 1. The summed E-state index contributed by atoms with van der Waals surface area (Å²) < 4.78 is 6.01. The van der Waals surface area contributed by atoms with Crippen LogP contribution >= 0.6 is 0 Å². The summed E-state index contributed by atoms with van der Waals surface area (Å²) >= 11 is 0. The first-order valence-corrected chi connectivity index (χ1v) is 11.7. The van der Waals surface area contributed by atoms with Crippen LogP contribution in [0.3, 0.4) is 0 Å². The minimum atomic E-state index is -0.577. The Morgan fingerprint density at radius 3 is 1.81 bits per heavy atom. The molecule has 0 amide bonds. The van der Waals surface area contributed by atoms with E-state index in [2.05, 4.69) is 89.2 Å². The number of allylic oxidation sites excluding steroid dienone is 3. The van der Waals surface area contributed by atoms with Crippen molar-refractivity contribution in [1.82, 2.24) is 0 Å². The van der Waals surface area contributed by atoms with E-state index in [9.17, 15) is 9.90 Å². The quantitative estimate of drug-likeness (QED) is 0.374. The molecule has 2 rings (SSSR count). The molecule has 32 heavy (non-hydrogen) atoms. The van der Waals surface area contributed by atoms with Crippen molar-refractivity contribution in [2.24, 2.45) is 16.2 Å². The van der Waals surface area contributed by atoms with Crippen molar-refractivity contribution in [3.8, 4) is 5.75 Å². The van der Waals surface area contributed by atoms with Gasteiger partial charge in [0.2, 0.25) is 0 Å². The molecule has 3 nitrogen and oxygen atoms in total. The molecule has 0 radical (unpaired) electrons. The van der Waals surface area contributed by atoms with E-state index >= 15 is 0 Å². The minimum Gasteiger partial charge on any atom is -0.512 e. The summed E-state index contributed by atoms with van der Waals surface area (Å²) in [4.78, 5) is 13.4. The lowest BCUT2D eigenvalue weighted by molar-refractivity contribution is -0.131. The number of aliphatic hydroxyl groups is 1. The second-order valence-corrected chi connectivity index (χ2v) is 13.4. The molecule has 0 atom stereocenters. The Morgan fingerprint density at radius 1 is 0.844 bits per heavy atom. The molecular formula is C29H44O3. The highest BCUT2D eigenvalue weighted by atomic mass is 16.5.